The van der Waals surface area contributed by atoms with Crippen molar-refractivity contribution in [2.75, 3.05) is 0 Å². The van der Waals surface area contributed by atoms with Crippen molar-refractivity contribution in [2.24, 2.45) is 0 Å². The number of hydrogen-bond acceptors (Lipinski definition) is 1. The van der Waals surface area contributed by atoms with Crippen molar-refractivity contribution < 1.29 is 0 Å². The van der Waals surface area contributed by atoms with Crippen molar-refractivity contribution in [3.8, 4) is 33.4 Å². The van der Waals surface area contributed by atoms with Crippen LogP contribution in [0, 0.1) is 0 Å². The van der Waals surface area contributed by atoms with Crippen LogP contribution in [0.2, 0.25) is 0 Å². The van der Waals surface area contributed by atoms with Crippen LogP contribution in [0.25, 0.3) is 96.6 Å². The zero-order valence-electron chi connectivity index (χ0n) is 25.6. The Bertz CT molecular complexity index is 2780. The summed E-state index contributed by atoms with van der Waals surface area (Å²) < 4.78 is 2.71. The summed E-state index contributed by atoms with van der Waals surface area (Å²) >= 11 is 1.90. The number of benzene rings is 9. The molecule has 1 heterocycles. The molecule has 0 saturated heterocycles. The van der Waals surface area contributed by atoms with Gasteiger partial charge < -0.3 is 0 Å². The Labute approximate surface area is 276 Å². The van der Waals surface area contributed by atoms with E-state index >= 15 is 0 Å². The lowest BCUT2D eigenvalue weighted by Crippen LogP contribution is -1.91. The van der Waals surface area contributed by atoms with Crippen LogP contribution in [0.3, 0.4) is 0 Å². The molecule has 0 amide bonds. The van der Waals surface area contributed by atoms with Crippen LogP contribution in [-0.2, 0) is 0 Å². The van der Waals surface area contributed by atoms with E-state index in [4.69, 9.17) is 0 Å². The van der Waals surface area contributed by atoms with Gasteiger partial charge in [-0.15, -0.1) is 11.3 Å². The molecule has 10 aromatic rings. The largest absolute Gasteiger partial charge is 0.135 e. The van der Waals surface area contributed by atoms with Gasteiger partial charge in [0.15, 0.2) is 0 Å². The van der Waals surface area contributed by atoms with Crippen LogP contribution in [-0.4, -0.2) is 0 Å². The lowest BCUT2D eigenvalue weighted by Gasteiger charge is -2.18. The minimum atomic E-state index is 1.24. The summed E-state index contributed by atoms with van der Waals surface area (Å²) in [6.45, 7) is 0. The first kappa shape index (κ1) is 26.5. The lowest BCUT2D eigenvalue weighted by molar-refractivity contribution is 1.66. The Kier molecular flexibility index (Phi) is 5.85. The molecule has 0 atom stereocenters. The summed E-state index contributed by atoms with van der Waals surface area (Å²) in [4.78, 5) is 0. The molecule has 9 aromatic carbocycles. The fraction of sp³-hybridized carbons (Fsp3) is 0. The molecule has 0 N–H and O–H groups in total. The fourth-order valence-electron chi connectivity index (χ4n) is 7.72. The maximum Gasteiger partial charge on any atom is 0.0434 e. The normalized spacial score (nSPS) is 11.8. The van der Waals surface area contributed by atoms with Crippen LogP contribution in [0.1, 0.15) is 0 Å². The smallest absolute Gasteiger partial charge is 0.0434 e. The molecule has 47 heavy (non-hydrogen) atoms. The first-order chi connectivity index (χ1) is 23.3. The number of rotatable bonds is 3. The van der Waals surface area contributed by atoms with Gasteiger partial charge in [0.1, 0.15) is 0 Å². The first-order valence-corrected chi connectivity index (χ1v) is 17.0. The van der Waals surface area contributed by atoms with E-state index in [9.17, 15) is 0 Å². The third kappa shape index (κ3) is 4.07. The Morgan fingerprint density at radius 1 is 0.298 bits per heavy atom. The zero-order valence-corrected chi connectivity index (χ0v) is 26.4. The monoisotopic (exact) mass is 612 g/mol. The van der Waals surface area contributed by atoms with Crippen molar-refractivity contribution in [3.05, 3.63) is 170 Å². The topological polar surface area (TPSA) is 0 Å². The maximum absolute atomic E-state index is 2.37. The summed E-state index contributed by atoms with van der Waals surface area (Å²) in [6.07, 6.45) is 0. The van der Waals surface area contributed by atoms with E-state index in [2.05, 4.69) is 170 Å². The van der Waals surface area contributed by atoms with Gasteiger partial charge in [-0.2, -0.15) is 0 Å². The van der Waals surface area contributed by atoms with Crippen LogP contribution in [0.4, 0.5) is 0 Å². The predicted octanol–water partition coefficient (Wildman–Crippen LogP) is 13.7. The third-order valence-electron chi connectivity index (χ3n) is 9.84. The molecule has 218 valence electrons. The second kappa shape index (κ2) is 10.4. The fourth-order valence-corrected chi connectivity index (χ4v) is 8.95. The molecule has 0 fully saturated rings. The van der Waals surface area contributed by atoms with Crippen LogP contribution in [0.5, 0.6) is 0 Å². The summed E-state index contributed by atoms with van der Waals surface area (Å²) in [5.74, 6) is 0. The first-order valence-electron chi connectivity index (χ1n) is 16.2. The highest BCUT2D eigenvalue weighted by atomic mass is 32.1. The molecule has 0 saturated carbocycles. The van der Waals surface area contributed by atoms with Gasteiger partial charge >= 0.3 is 0 Å². The summed E-state index contributed by atoms with van der Waals surface area (Å²) in [5, 5.41) is 13.0. The number of thiophene rings is 1. The second-order valence-corrected chi connectivity index (χ2v) is 13.5. The molecular formula is C46H28S. The lowest BCUT2D eigenvalue weighted by atomic mass is 9.85. The second-order valence-electron chi connectivity index (χ2n) is 12.4. The van der Waals surface area contributed by atoms with Gasteiger partial charge in [0.05, 0.1) is 0 Å². The maximum atomic E-state index is 2.37. The van der Waals surface area contributed by atoms with E-state index in [-0.39, 0.29) is 0 Å². The molecule has 10 rings (SSSR count). The molecule has 0 bridgehead atoms. The van der Waals surface area contributed by atoms with Gasteiger partial charge in [0, 0.05) is 25.6 Å². The van der Waals surface area contributed by atoms with Gasteiger partial charge in [-0.25, -0.2) is 0 Å². The minimum Gasteiger partial charge on any atom is -0.135 e. The molecular weight excluding hydrogens is 585 g/mol. The SMILES string of the molecule is c1ccc(-c2c3ccccc3c(-c3ccc4cc(-c5cccc6c5ccc5c7ccccc7sc65)ccc4c3)c3ccccc23)cc1. The van der Waals surface area contributed by atoms with Crippen molar-refractivity contribution >= 4 is 74.6 Å². The summed E-state index contributed by atoms with van der Waals surface area (Å²) in [5.41, 5.74) is 7.62. The average molecular weight is 613 g/mol. The predicted molar refractivity (Wildman–Crippen MR) is 206 cm³/mol. The number of hydrogen-bond donors (Lipinski definition) is 0. The summed E-state index contributed by atoms with van der Waals surface area (Å²) in [7, 11) is 0. The highest BCUT2D eigenvalue weighted by Gasteiger charge is 2.17. The van der Waals surface area contributed by atoms with E-state index in [0.29, 0.717) is 0 Å². The van der Waals surface area contributed by atoms with Crippen LogP contribution < -0.4 is 0 Å². The quantitative estimate of drug-likeness (QED) is 0.174. The molecule has 0 aliphatic heterocycles. The Balaban J connectivity index is 1.14. The molecule has 0 unspecified atom stereocenters. The van der Waals surface area contributed by atoms with E-state index in [0.717, 1.165) is 0 Å². The van der Waals surface area contributed by atoms with Crippen molar-refractivity contribution in [1.82, 2.24) is 0 Å². The molecule has 0 aliphatic rings. The van der Waals surface area contributed by atoms with E-state index in [1.165, 1.54) is 96.6 Å². The molecule has 0 aliphatic carbocycles. The molecule has 0 radical (unpaired) electrons. The molecule has 1 aromatic heterocycles. The highest BCUT2D eigenvalue weighted by molar-refractivity contribution is 7.26. The zero-order chi connectivity index (χ0) is 30.9. The van der Waals surface area contributed by atoms with Gasteiger partial charge in [0.2, 0.25) is 0 Å². The standard InChI is InChI=1S/C46H28S/c1-2-11-29(12-3-1)44-37-14-4-6-16-39(37)45(40-17-7-5-15-38(40)44)33-24-22-30-27-32(23-21-31(30)28-33)34-18-10-19-41-35(34)25-26-42-36-13-8-9-20-43(36)47-46(41)42/h1-28H. The Hall–Kier alpha value is -5.76. The molecule has 1 heteroatoms. The van der Waals surface area contributed by atoms with Crippen molar-refractivity contribution in [3.63, 3.8) is 0 Å². The Morgan fingerprint density at radius 2 is 0.809 bits per heavy atom. The van der Waals surface area contributed by atoms with E-state index < -0.39 is 0 Å². The van der Waals surface area contributed by atoms with Crippen LogP contribution >= 0.6 is 11.3 Å². The summed E-state index contributed by atoms with van der Waals surface area (Å²) in [6, 6.07) is 62.7. The third-order valence-corrected chi connectivity index (χ3v) is 11.1. The van der Waals surface area contributed by atoms with Gasteiger partial charge in [-0.3, -0.25) is 0 Å². The van der Waals surface area contributed by atoms with Crippen molar-refractivity contribution in [1.29, 1.82) is 0 Å². The highest BCUT2D eigenvalue weighted by Crippen LogP contribution is 2.45. The Morgan fingerprint density at radius 3 is 1.51 bits per heavy atom. The van der Waals surface area contributed by atoms with E-state index in [1.54, 1.807) is 0 Å². The van der Waals surface area contributed by atoms with Gasteiger partial charge in [-0.05, 0) is 89.3 Å². The molecule has 0 spiro atoms. The van der Waals surface area contributed by atoms with Gasteiger partial charge in [0.25, 0.3) is 0 Å². The average Bonchev–Trinajstić information content (AvgIpc) is 3.53. The van der Waals surface area contributed by atoms with Gasteiger partial charge in [-0.1, -0.05) is 152 Å². The van der Waals surface area contributed by atoms with E-state index in [1.807, 2.05) is 11.3 Å². The van der Waals surface area contributed by atoms with Crippen LogP contribution in [0.15, 0.2) is 170 Å². The number of fused-ring (bicyclic) bond motifs is 8. The molecule has 0 nitrogen and oxygen atoms in total. The van der Waals surface area contributed by atoms with Crippen molar-refractivity contribution in [2.45, 2.75) is 0 Å². The minimum absolute atomic E-state index is 1.24.